The Balaban J connectivity index is 2.88. The van der Waals surface area contributed by atoms with Crippen molar-refractivity contribution in [2.45, 2.75) is 24.5 Å². The van der Waals surface area contributed by atoms with Crippen LogP contribution in [-0.2, 0) is 26.2 Å². The summed E-state index contributed by atoms with van der Waals surface area (Å²) in [5.74, 6) is -1.23. The summed E-state index contributed by atoms with van der Waals surface area (Å²) in [6, 6.07) is 4.87. The summed E-state index contributed by atoms with van der Waals surface area (Å²) in [4.78, 5) is 10.6. The Kier molecular flexibility index (Phi) is 4.83. The first-order chi connectivity index (χ1) is 8.36. The molecule has 7 heteroatoms. The second-order valence-corrected chi connectivity index (χ2v) is 5.47. The van der Waals surface area contributed by atoms with E-state index < -0.39 is 22.0 Å². The molecule has 1 aromatic rings. The molecule has 0 radical (unpaired) electrons. The van der Waals surface area contributed by atoms with E-state index in [9.17, 15) is 13.2 Å². The molecule has 0 aliphatic rings. The Morgan fingerprint density at radius 1 is 1.39 bits per heavy atom. The van der Waals surface area contributed by atoms with Gasteiger partial charge in [-0.3, -0.25) is 4.79 Å². The molecule has 0 bridgehead atoms. The highest BCUT2D eigenvalue weighted by Gasteiger charge is 2.21. The Morgan fingerprint density at radius 3 is 2.39 bits per heavy atom. The molecule has 0 saturated heterocycles. The highest BCUT2D eigenvalue weighted by Crippen LogP contribution is 2.11. The van der Waals surface area contributed by atoms with Crippen molar-refractivity contribution < 1.29 is 23.1 Å². The van der Waals surface area contributed by atoms with Crippen LogP contribution in [-0.4, -0.2) is 32.6 Å². The molecule has 1 rings (SSSR count). The third-order valence-electron chi connectivity index (χ3n) is 2.25. The number of sulfonamides is 1. The second-order valence-electron chi connectivity index (χ2n) is 3.76. The molecule has 1 aromatic carbocycles. The lowest BCUT2D eigenvalue weighted by Crippen LogP contribution is -2.38. The molecule has 0 aromatic heterocycles. The fraction of sp³-hybridized carbons (Fsp3) is 0.364. The zero-order valence-electron chi connectivity index (χ0n) is 10.1. The maximum atomic E-state index is 11.8. The van der Waals surface area contributed by atoms with Crippen LogP contribution in [0.5, 0.6) is 0 Å². The first kappa shape index (κ1) is 14.6. The summed E-state index contributed by atoms with van der Waals surface area (Å²) in [6.45, 7) is 1.65. The van der Waals surface area contributed by atoms with Gasteiger partial charge in [-0.15, -0.1) is 0 Å². The number of carboxylic acids is 1. The third kappa shape index (κ3) is 3.80. The molecule has 100 valence electrons. The maximum Gasteiger partial charge on any atom is 0.321 e. The average Bonchev–Trinajstić information content (AvgIpc) is 2.29. The minimum absolute atomic E-state index is 0.0236. The quantitative estimate of drug-likeness (QED) is 0.791. The Hall–Kier alpha value is -1.44. The average molecular weight is 273 g/mol. The lowest BCUT2D eigenvalue weighted by atomic mass is 10.2. The van der Waals surface area contributed by atoms with Gasteiger partial charge in [-0.05, 0) is 24.6 Å². The van der Waals surface area contributed by atoms with Gasteiger partial charge in [0.2, 0.25) is 10.0 Å². The van der Waals surface area contributed by atoms with Gasteiger partial charge >= 0.3 is 5.97 Å². The van der Waals surface area contributed by atoms with Crippen molar-refractivity contribution in [3.63, 3.8) is 0 Å². The van der Waals surface area contributed by atoms with E-state index in [1.165, 1.54) is 19.1 Å². The number of nitrogens with one attached hydrogen (secondary N) is 1. The van der Waals surface area contributed by atoms with Crippen LogP contribution in [0.15, 0.2) is 29.2 Å². The fourth-order valence-corrected chi connectivity index (χ4v) is 2.48. The van der Waals surface area contributed by atoms with Crippen LogP contribution < -0.4 is 4.72 Å². The highest BCUT2D eigenvalue weighted by atomic mass is 32.2. The molecular formula is C11H15NO5S. The van der Waals surface area contributed by atoms with Gasteiger partial charge in [-0.25, -0.2) is 8.42 Å². The van der Waals surface area contributed by atoms with Crippen molar-refractivity contribution in [2.75, 3.05) is 7.11 Å². The number of carboxylic acid groups (broad SMARTS) is 1. The SMILES string of the molecule is COCc1ccc(S(=O)(=O)N[C@@H](C)C(=O)O)cc1. The lowest BCUT2D eigenvalue weighted by molar-refractivity contribution is -0.138. The Labute approximate surface area is 106 Å². The van der Waals surface area contributed by atoms with Gasteiger partial charge < -0.3 is 9.84 Å². The zero-order valence-corrected chi connectivity index (χ0v) is 10.9. The zero-order chi connectivity index (χ0) is 13.8. The molecule has 0 amide bonds. The summed E-state index contributed by atoms with van der Waals surface area (Å²) in [5.41, 5.74) is 0.836. The van der Waals surface area contributed by atoms with Crippen LogP contribution in [0.3, 0.4) is 0 Å². The van der Waals surface area contributed by atoms with Gasteiger partial charge in [0.15, 0.2) is 0 Å². The first-order valence-corrected chi connectivity index (χ1v) is 6.68. The minimum Gasteiger partial charge on any atom is -0.480 e. The summed E-state index contributed by atoms with van der Waals surface area (Å²) in [7, 11) is -2.27. The molecule has 0 aliphatic heterocycles. The number of hydrogen-bond donors (Lipinski definition) is 2. The van der Waals surface area contributed by atoms with E-state index in [2.05, 4.69) is 4.72 Å². The molecule has 0 aliphatic carbocycles. The smallest absolute Gasteiger partial charge is 0.321 e. The van der Waals surface area contributed by atoms with Gasteiger partial charge in [-0.2, -0.15) is 4.72 Å². The third-order valence-corrected chi connectivity index (χ3v) is 3.80. The number of aliphatic carboxylic acids is 1. The lowest BCUT2D eigenvalue weighted by Gasteiger charge is -2.10. The number of benzene rings is 1. The number of methoxy groups -OCH3 is 1. The molecule has 0 spiro atoms. The van der Waals surface area contributed by atoms with Crippen molar-refractivity contribution in [1.29, 1.82) is 0 Å². The predicted molar refractivity (Wildman–Crippen MR) is 64.6 cm³/mol. The highest BCUT2D eigenvalue weighted by molar-refractivity contribution is 7.89. The summed E-state index contributed by atoms with van der Waals surface area (Å²) in [6.07, 6.45) is 0. The van der Waals surface area contributed by atoms with Gasteiger partial charge in [0.05, 0.1) is 11.5 Å². The van der Waals surface area contributed by atoms with Crippen LogP contribution >= 0.6 is 0 Å². The van der Waals surface area contributed by atoms with Gasteiger partial charge in [-0.1, -0.05) is 12.1 Å². The molecule has 1 atom stereocenters. The number of ether oxygens (including phenoxy) is 1. The Bertz CT molecular complexity index is 509. The van der Waals surface area contributed by atoms with Crippen LogP contribution in [0.1, 0.15) is 12.5 Å². The van der Waals surface area contributed by atoms with Crippen molar-refractivity contribution in [1.82, 2.24) is 4.72 Å². The molecule has 6 nitrogen and oxygen atoms in total. The molecular weight excluding hydrogens is 258 g/mol. The van der Waals surface area contributed by atoms with Crippen molar-refractivity contribution in [3.8, 4) is 0 Å². The van der Waals surface area contributed by atoms with Crippen LogP contribution in [0.2, 0.25) is 0 Å². The van der Waals surface area contributed by atoms with Gasteiger partial charge in [0, 0.05) is 7.11 Å². The van der Waals surface area contributed by atoms with Crippen molar-refractivity contribution in [2.24, 2.45) is 0 Å². The van der Waals surface area contributed by atoms with E-state index in [1.54, 1.807) is 19.2 Å². The van der Waals surface area contributed by atoms with Gasteiger partial charge in [0.1, 0.15) is 6.04 Å². The standard InChI is InChI=1S/C11H15NO5S/c1-8(11(13)14)12-18(15,16)10-5-3-9(4-6-10)7-17-2/h3-6,8,12H,7H2,1-2H3,(H,13,14)/t8-/m0/s1. The van der Waals surface area contributed by atoms with E-state index in [-0.39, 0.29) is 4.90 Å². The van der Waals surface area contributed by atoms with Crippen LogP contribution in [0.4, 0.5) is 0 Å². The van der Waals surface area contributed by atoms with Crippen LogP contribution in [0, 0.1) is 0 Å². The molecule has 0 heterocycles. The molecule has 0 fully saturated rings. The maximum absolute atomic E-state index is 11.8. The first-order valence-electron chi connectivity index (χ1n) is 5.20. The van der Waals surface area contributed by atoms with E-state index in [1.807, 2.05) is 0 Å². The van der Waals surface area contributed by atoms with E-state index in [0.29, 0.717) is 6.61 Å². The molecule has 0 unspecified atom stereocenters. The molecule has 2 N–H and O–H groups in total. The number of rotatable bonds is 6. The topological polar surface area (TPSA) is 92.7 Å². The summed E-state index contributed by atoms with van der Waals surface area (Å²) in [5, 5.41) is 8.66. The van der Waals surface area contributed by atoms with E-state index in [0.717, 1.165) is 5.56 Å². The summed E-state index contributed by atoms with van der Waals surface area (Å²) < 4.78 is 30.6. The molecule has 18 heavy (non-hydrogen) atoms. The molecule has 0 saturated carbocycles. The normalized spacial score (nSPS) is 13.2. The van der Waals surface area contributed by atoms with Crippen LogP contribution in [0.25, 0.3) is 0 Å². The largest absolute Gasteiger partial charge is 0.480 e. The van der Waals surface area contributed by atoms with E-state index >= 15 is 0 Å². The number of hydrogen-bond acceptors (Lipinski definition) is 4. The fourth-order valence-electron chi connectivity index (χ4n) is 1.28. The van der Waals surface area contributed by atoms with Crippen molar-refractivity contribution >= 4 is 16.0 Å². The van der Waals surface area contributed by atoms with E-state index in [4.69, 9.17) is 9.84 Å². The predicted octanol–water partition coefficient (Wildman–Crippen LogP) is 0.584. The number of carbonyl (C=O) groups is 1. The monoisotopic (exact) mass is 273 g/mol. The van der Waals surface area contributed by atoms with Crippen molar-refractivity contribution in [3.05, 3.63) is 29.8 Å². The minimum atomic E-state index is -3.81. The van der Waals surface area contributed by atoms with Gasteiger partial charge in [0.25, 0.3) is 0 Å². The summed E-state index contributed by atoms with van der Waals surface area (Å²) >= 11 is 0. The Morgan fingerprint density at radius 2 is 1.94 bits per heavy atom. The second kappa shape index (κ2) is 5.94.